The average Bonchev–Trinajstić information content (AvgIpc) is 2.49. The van der Waals surface area contributed by atoms with Gasteiger partial charge in [-0.15, -0.1) is 0 Å². The number of hydrogen-bond acceptors (Lipinski definition) is 0. The fraction of sp³-hybridized carbons (Fsp3) is 0.739. The molecule has 23 heavy (non-hydrogen) atoms. The molecule has 0 heteroatoms. The third-order valence-corrected chi connectivity index (χ3v) is 5.17. The van der Waals surface area contributed by atoms with Crippen molar-refractivity contribution in [1.29, 1.82) is 0 Å². The molecule has 0 nitrogen and oxygen atoms in total. The van der Waals surface area contributed by atoms with Gasteiger partial charge in [-0.2, -0.15) is 0 Å². The minimum Gasteiger partial charge on any atom is -0.0991 e. The molecule has 2 aliphatic carbocycles. The van der Waals surface area contributed by atoms with Gasteiger partial charge in [-0.05, 0) is 56.3 Å². The predicted octanol–water partition coefficient (Wildman–Crippen LogP) is 7.83. The van der Waals surface area contributed by atoms with Gasteiger partial charge in [0.15, 0.2) is 0 Å². The largest absolute Gasteiger partial charge is 0.0991 e. The van der Waals surface area contributed by atoms with Gasteiger partial charge in [0.1, 0.15) is 0 Å². The maximum absolute atomic E-state index is 3.46. The lowest BCUT2D eigenvalue weighted by atomic mass is 9.64. The first-order chi connectivity index (χ1) is 11.0. The van der Waals surface area contributed by atoms with Crippen LogP contribution in [0.1, 0.15) is 80.1 Å². The maximum atomic E-state index is 3.46. The van der Waals surface area contributed by atoms with E-state index >= 15 is 0 Å². The summed E-state index contributed by atoms with van der Waals surface area (Å²) in [4.78, 5) is 0. The summed E-state index contributed by atoms with van der Waals surface area (Å²) < 4.78 is 0. The van der Waals surface area contributed by atoms with Crippen LogP contribution in [0, 0.1) is 29.6 Å². The van der Waals surface area contributed by atoms with Crippen LogP contribution in [0.2, 0.25) is 0 Å². The van der Waals surface area contributed by atoms with Crippen molar-refractivity contribution < 1.29 is 0 Å². The molecule has 0 aliphatic heterocycles. The number of allylic oxidation sites excluding steroid dienone is 5. The molecule has 2 saturated carbocycles. The molecule has 2 aliphatic rings. The van der Waals surface area contributed by atoms with Crippen LogP contribution in [0.25, 0.3) is 0 Å². The zero-order valence-corrected chi connectivity index (χ0v) is 16.7. The average molecular weight is 319 g/mol. The van der Waals surface area contributed by atoms with Crippen LogP contribution < -0.4 is 0 Å². The van der Waals surface area contributed by atoms with E-state index in [0.29, 0.717) is 0 Å². The van der Waals surface area contributed by atoms with E-state index < -0.39 is 0 Å². The Hall–Kier alpha value is -0.780. The van der Waals surface area contributed by atoms with E-state index in [-0.39, 0.29) is 0 Å². The molecular formula is C23H42. The zero-order chi connectivity index (χ0) is 17.7. The van der Waals surface area contributed by atoms with Gasteiger partial charge in [0.2, 0.25) is 0 Å². The Bertz CT molecular complexity index is 334. The third kappa shape index (κ3) is 10.6. The van der Waals surface area contributed by atoms with Crippen LogP contribution in [0.15, 0.2) is 37.0 Å². The van der Waals surface area contributed by atoms with Gasteiger partial charge in [0.25, 0.3) is 0 Å². The second kappa shape index (κ2) is 13.6. The van der Waals surface area contributed by atoms with Crippen LogP contribution >= 0.6 is 0 Å². The van der Waals surface area contributed by atoms with Crippen LogP contribution in [0.5, 0.6) is 0 Å². The molecule has 1 unspecified atom stereocenters. The lowest BCUT2D eigenvalue weighted by molar-refractivity contribution is 0.0892. The normalized spacial score (nSPS) is 30.2. The Kier molecular flexibility index (Phi) is 13.2. The van der Waals surface area contributed by atoms with Gasteiger partial charge in [-0.1, -0.05) is 90.3 Å². The monoisotopic (exact) mass is 318 g/mol. The number of rotatable bonds is 2. The molecule has 134 valence electrons. The fourth-order valence-corrected chi connectivity index (χ4v) is 4.04. The predicted molar refractivity (Wildman–Crippen MR) is 108 cm³/mol. The Balaban J connectivity index is 0.000000374. The summed E-state index contributed by atoms with van der Waals surface area (Å²) in [5, 5.41) is 0. The summed E-state index contributed by atoms with van der Waals surface area (Å²) >= 11 is 0. The fourth-order valence-electron chi connectivity index (χ4n) is 4.04. The summed E-state index contributed by atoms with van der Waals surface area (Å²) in [6, 6.07) is 0. The Labute approximate surface area is 147 Å². The highest BCUT2D eigenvalue weighted by Gasteiger charge is 2.34. The second-order valence-electron chi connectivity index (χ2n) is 7.78. The van der Waals surface area contributed by atoms with Gasteiger partial charge in [0, 0.05) is 0 Å². The van der Waals surface area contributed by atoms with E-state index in [1.807, 2.05) is 26.0 Å². The highest BCUT2D eigenvalue weighted by atomic mass is 14.4. The van der Waals surface area contributed by atoms with Gasteiger partial charge in [0.05, 0.1) is 0 Å². The van der Waals surface area contributed by atoms with E-state index in [9.17, 15) is 0 Å². The number of fused-ring (bicyclic) bond motifs is 1. The van der Waals surface area contributed by atoms with Crippen molar-refractivity contribution >= 4 is 0 Å². The molecule has 0 spiro atoms. The molecule has 0 aromatic rings. The molecule has 0 heterocycles. The van der Waals surface area contributed by atoms with Crippen molar-refractivity contribution in [3.05, 3.63) is 37.0 Å². The van der Waals surface area contributed by atoms with Crippen LogP contribution in [0.4, 0.5) is 0 Å². The molecule has 4 atom stereocenters. The second-order valence-corrected chi connectivity index (χ2v) is 7.78. The Morgan fingerprint density at radius 1 is 0.957 bits per heavy atom. The van der Waals surface area contributed by atoms with Crippen molar-refractivity contribution in [2.75, 3.05) is 0 Å². The summed E-state index contributed by atoms with van der Waals surface area (Å²) in [6.45, 7) is 16.7. The van der Waals surface area contributed by atoms with Crippen LogP contribution in [-0.2, 0) is 0 Å². The van der Waals surface area contributed by atoms with Crippen molar-refractivity contribution in [2.24, 2.45) is 29.6 Å². The summed E-state index contributed by atoms with van der Waals surface area (Å²) in [7, 11) is 0. The van der Waals surface area contributed by atoms with E-state index in [0.717, 1.165) is 29.6 Å². The van der Waals surface area contributed by atoms with Crippen molar-refractivity contribution in [3.63, 3.8) is 0 Å². The lowest BCUT2D eigenvalue weighted by Crippen LogP contribution is -2.31. The zero-order valence-electron chi connectivity index (χ0n) is 16.7. The third-order valence-electron chi connectivity index (χ3n) is 5.17. The topological polar surface area (TPSA) is 0 Å². The minimum atomic E-state index is 0.718. The Morgan fingerprint density at radius 3 is 2.09 bits per heavy atom. The molecule has 0 saturated heterocycles. The van der Waals surface area contributed by atoms with E-state index in [1.54, 1.807) is 12.5 Å². The van der Waals surface area contributed by atoms with E-state index in [1.165, 1.54) is 32.1 Å². The first-order valence-corrected chi connectivity index (χ1v) is 9.82. The molecular weight excluding hydrogens is 276 g/mol. The maximum Gasteiger partial charge on any atom is -0.0291 e. The Morgan fingerprint density at radius 2 is 1.65 bits per heavy atom. The van der Waals surface area contributed by atoms with Crippen molar-refractivity contribution in [3.8, 4) is 0 Å². The molecule has 0 amide bonds. The highest BCUT2D eigenvalue weighted by Crippen LogP contribution is 2.45. The first kappa shape index (κ1) is 22.2. The summed E-state index contributed by atoms with van der Waals surface area (Å²) in [5.41, 5.74) is 0. The summed E-state index contributed by atoms with van der Waals surface area (Å²) in [5.74, 6) is 5.00. The molecule has 0 N–H and O–H groups in total. The van der Waals surface area contributed by atoms with Crippen LogP contribution in [0.3, 0.4) is 0 Å². The van der Waals surface area contributed by atoms with Gasteiger partial charge >= 0.3 is 0 Å². The van der Waals surface area contributed by atoms with Crippen molar-refractivity contribution in [2.45, 2.75) is 80.1 Å². The molecule has 0 aromatic carbocycles. The standard InChI is InChI=1S/C12H22.C6H12.C5H8/c1-9-6-7-12-10(2)4-3-5-11(12)8-9;1-4-5-6(2)3;1-3-5-4-2/h9-12H,3-8H2,1-2H3;4-6H,1-3H3;3-5H,1H2,2H3/b;2*5-4+/t9?,10-,11+,12+;;/m0../s1. The SMILES string of the molecule is C/C=C/C(C)C.C=C/C=C/C.CC1CC[C@H]2[C@H](CCC[C@@H]2C)C1. The van der Waals surface area contributed by atoms with E-state index in [2.05, 4.69) is 46.4 Å². The molecule has 0 bridgehead atoms. The molecule has 0 aromatic heterocycles. The highest BCUT2D eigenvalue weighted by molar-refractivity contribution is 4.94. The molecule has 0 radical (unpaired) electrons. The van der Waals surface area contributed by atoms with Gasteiger partial charge < -0.3 is 0 Å². The van der Waals surface area contributed by atoms with Crippen molar-refractivity contribution in [1.82, 2.24) is 0 Å². The van der Waals surface area contributed by atoms with Crippen LogP contribution in [-0.4, -0.2) is 0 Å². The lowest BCUT2D eigenvalue weighted by Gasteiger charge is -2.42. The first-order valence-electron chi connectivity index (χ1n) is 9.82. The summed E-state index contributed by atoms with van der Waals surface area (Å²) in [6.07, 6.45) is 19.0. The van der Waals surface area contributed by atoms with E-state index in [4.69, 9.17) is 0 Å². The van der Waals surface area contributed by atoms with Gasteiger partial charge in [-0.3, -0.25) is 0 Å². The van der Waals surface area contributed by atoms with Gasteiger partial charge in [-0.25, -0.2) is 0 Å². The molecule has 2 fully saturated rings. The number of hydrogen-bond donors (Lipinski definition) is 0. The minimum absolute atomic E-state index is 0.718. The smallest absolute Gasteiger partial charge is 0.0291 e. The molecule has 2 rings (SSSR count). The quantitative estimate of drug-likeness (QED) is 0.359.